The predicted molar refractivity (Wildman–Crippen MR) is 54.4 cm³/mol. The van der Waals surface area contributed by atoms with Gasteiger partial charge >= 0.3 is 0 Å². The Morgan fingerprint density at radius 2 is 2.21 bits per heavy atom. The molecule has 0 saturated heterocycles. The van der Waals surface area contributed by atoms with E-state index in [9.17, 15) is 0 Å². The van der Waals surface area contributed by atoms with Gasteiger partial charge in [0, 0.05) is 6.42 Å². The van der Waals surface area contributed by atoms with E-state index < -0.39 is 0 Å². The lowest BCUT2D eigenvalue weighted by molar-refractivity contribution is 0.743. The van der Waals surface area contributed by atoms with Gasteiger partial charge < -0.3 is 0 Å². The minimum absolute atomic E-state index is 0.568. The third-order valence-corrected chi connectivity index (χ3v) is 2.36. The van der Waals surface area contributed by atoms with Crippen molar-refractivity contribution in [2.24, 2.45) is 0 Å². The molecule has 0 atom stereocenters. The van der Waals surface area contributed by atoms with E-state index in [0.717, 1.165) is 25.1 Å². The average molecular weight is 211 g/mol. The highest BCUT2D eigenvalue weighted by molar-refractivity contribution is 6.29. The molecular weight excluding hydrogens is 200 g/mol. The van der Waals surface area contributed by atoms with E-state index >= 15 is 0 Å². The van der Waals surface area contributed by atoms with Crippen LogP contribution < -0.4 is 0 Å². The van der Waals surface area contributed by atoms with Crippen LogP contribution in [0.1, 0.15) is 25.6 Å². The smallest absolute Gasteiger partial charge is 0.180 e. The molecule has 2 aromatic heterocycles. The number of nitrogens with zero attached hydrogens (tertiary/aromatic N) is 4. The first-order valence-electron chi connectivity index (χ1n) is 4.66. The normalized spacial score (nSPS) is 11.0. The number of aryl methyl sites for hydroxylation is 1. The molecule has 74 valence electrons. The highest BCUT2D eigenvalue weighted by Gasteiger charge is 2.07. The van der Waals surface area contributed by atoms with Crippen molar-refractivity contribution in [3.8, 4) is 0 Å². The fourth-order valence-corrected chi connectivity index (χ4v) is 1.61. The Balaban J connectivity index is 2.45. The summed E-state index contributed by atoms with van der Waals surface area (Å²) in [6.07, 6.45) is 6.40. The average Bonchev–Trinajstić information content (AvgIpc) is 2.59. The number of hydrogen-bond acceptors (Lipinski definition) is 3. The highest BCUT2D eigenvalue weighted by Crippen LogP contribution is 2.13. The van der Waals surface area contributed by atoms with E-state index in [2.05, 4.69) is 22.1 Å². The summed E-state index contributed by atoms with van der Waals surface area (Å²) in [6.45, 7) is 2.15. The molecule has 0 aliphatic carbocycles. The maximum absolute atomic E-state index is 6.00. The predicted octanol–water partition coefficient (Wildman–Crippen LogP) is 2.12. The Labute approximate surface area is 86.9 Å². The highest BCUT2D eigenvalue weighted by atomic mass is 35.5. The van der Waals surface area contributed by atoms with Gasteiger partial charge in [0.15, 0.2) is 5.65 Å². The Kier molecular flexibility index (Phi) is 2.63. The minimum Gasteiger partial charge on any atom is -0.266 e. The second-order valence-electron chi connectivity index (χ2n) is 3.14. The van der Waals surface area contributed by atoms with Crippen LogP contribution >= 0.6 is 11.6 Å². The standard InChI is InChI=1S/C9H11ClN4/c1-2-3-4-8-12-13-9-6-11-5-7(10)14(8)9/h5-6H,2-4H2,1H3. The van der Waals surface area contributed by atoms with Crippen LogP contribution in [0.5, 0.6) is 0 Å². The molecule has 0 aliphatic heterocycles. The molecule has 0 unspecified atom stereocenters. The van der Waals surface area contributed by atoms with Gasteiger partial charge in [-0.15, -0.1) is 10.2 Å². The molecule has 0 spiro atoms. The molecule has 5 heteroatoms. The molecule has 0 amide bonds. The third kappa shape index (κ3) is 1.57. The molecule has 0 bridgehead atoms. The number of halogens is 1. The lowest BCUT2D eigenvalue weighted by Crippen LogP contribution is -1.96. The molecule has 0 radical (unpaired) electrons. The number of hydrogen-bond donors (Lipinski definition) is 0. The molecule has 4 nitrogen and oxygen atoms in total. The van der Waals surface area contributed by atoms with Gasteiger partial charge in [-0.05, 0) is 6.42 Å². The van der Waals surface area contributed by atoms with Gasteiger partial charge in [0.05, 0.1) is 12.4 Å². The molecule has 2 aromatic rings. The number of aromatic nitrogens is 4. The lowest BCUT2D eigenvalue weighted by Gasteiger charge is -1.99. The summed E-state index contributed by atoms with van der Waals surface area (Å²) >= 11 is 6.00. The summed E-state index contributed by atoms with van der Waals surface area (Å²) in [5.74, 6) is 0.911. The molecule has 14 heavy (non-hydrogen) atoms. The van der Waals surface area contributed by atoms with Gasteiger partial charge in [0.25, 0.3) is 0 Å². The van der Waals surface area contributed by atoms with Crippen molar-refractivity contribution in [1.29, 1.82) is 0 Å². The molecule has 0 aromatic carbocycles. The van der Waals surface area contributed by atoms with Crippen LogP contribution in [0, 0.1) is 0 Å². The zero-order chi connectivity index (χ0) is 9.97. The Bertz CT molecular complexity index is 437. The largest absolute Gasteiger partial charge is 0.266 e. The summed E-state index contributed by atoms with van der Waals surface area (Å²) in [6, 6.07) is 0. The van der Waals surface area contributed by atoms with Gasteiger partial charge in [0.2, 0.25) is 0 Å². The maximum atomic E-state index is 6.00. The van der Waals surface area contributed by atoms with E-state index in [4.69, 9.17) is 11.6 Å². The van der Waals surface area contributed by atoms with E-state index in [0.29, 0.717) is 10.8 Å². The van der Waals surface area contributed by atoms with Gasteiger partial charge in [-0.1, -0.05) is 24.9 Å². The van der Waals surface area contributed by atoms with E-state index in [1.807, 2.05) is 4.40 Å². The number of unbranched alkanes of at least 4 members (excludes halogenated alkanes) is 1. The first-order valence-corrected chi connectivity index (χ1v) is 5.04. The molecule has 0 saturated carbocycles. The van der Waals surface area contributed by atoms with Crippen LogP contribution in [0.2, 0.25) is 5.15 Å². The van der Waals surface area contributed by atoms with Gasteiger partial charge in [-0.3, -0.25) is 9.38 Å². The third-order valence-electron chi connectivity index (χ3n) is 2.09. The van der Waals surface area contributed by atoms with Crippen molar-refractivity contribution < 1.29 is 0 Å². The molecule has 2 heterocycles. The van der Waals surface area contributed by atoms with Gasteiger partial charge in [-0.25, -0.2) is 0 Å². The second kappa shape index (κ2) is 3.92. The zero-order valence-corrected chi connectivity index (χ0v) is 8.70. The van der Waals surface area contributed by atoms with Crippen molar-refractivity contribution in [2.75, 3.05) is 0 Å². The summed E-state index contributed by atoms with van der Waals surface area (Å²) < 4.78 is 1.84. The van der Waals surface area contributed by atoms with Crippen LogP contribution in [-0.4, -0.2) is 19.6 Å². The van der Waals surface area contributed by atoms with Gasteiger partial charge in [0.1, 0.15) is 11.0 Å². The van der Waals surface area contributed by atoms with Crippen LogP contribution in [0.3, 0.4) is 0 Å². The minimum atomic E-state index is 0.568. The summed E-state index contributed by atoms with van der Waals surface area (Å²) in [5, 5.41) is 8.65. The maximum Gasteiger partial charge on any atom is 0.180 e. The van der Waals surface area contributed by atoms with Crippen LogP contribution in [-0.2, 0) is 6.42 Å². The molecular formula is C9H11ClN4. The Hall–Kier alpha value is -1.16. The van der Waals surface area contributed by atoms with Crippen molar-refractivity contribution in [3.05, 3.63) is 23.4 Å². The number of rotatable bonds is 3. The first-order chi connectivity index (χ1) is 6.83. The second-order valence-corrected chi connectivity index (χ2v) is 3.53. The number of fused-ring (bicyclic) bond motifs is 1. The van der Waals surface area contributed by atoms with E-state index in [-0.39, 0.29) is 0 Å². The van der Waals surface area contributed by atoms with E-state index in [1.54, 1.807) is 12.4 Å². The summed E-state index contributed by atoms with van der Waals surface area (Å²) in [4.78, 5) is 3.95. The molecule has 0 N–H and O–H groups in total. The Morgan fingerprint density at radius 1 is 1.36 bits per heavy atom. The fourth-order valence-electron chi connectivity index (χ4n) is 1.37. The van der Waals surface area contributed by atoms with Crippen LogP contribution in [0.25, 0.3) is 5.65 Å². The van der Waals surface area contributed by atoms with Crippen molar-refractivity contribution in [1.82, 2.24) is 19.6 Å². The molecule has 0 fully saturated rings. The van der Waals surface area contributed by atoms with Crippen LogP contribution in [0.4, 0.5) is 0 Å². The van der Waals surface area contributed by atoms with E-state index in [1.165, 1.54) is 0 Å². The summed E-state index contributed by atoms with van der Waals surface area (Å²) in [5.41, 5.74) is 0.712. The topological polar surface area (TPSA) is 43.1 Å². The first kappa shape index (κ1) is 9.40. The monoisotopic (exact) mass is 210 g/mol. The SMILES string of the molecule is CCCCc1nnc2cncc(Cl)n12. The quantitative estimate of drug-likeness (QED) is 0.780. The fraction of sp³-hybridized carbons (Fsp3) is 0.444. The Morgan fingerprint density at radius 3 is 3.00 bits per heavy atom. The van der Waals surface area contributed by atoms with Gasteiger partial charge in [-0.2, -0.15) is 0 Å². The molecule has 2 rings (SSSR count). The van der Waals surface area contributed by atoms with Crippen molar-refractivity contribution in [3.63, 3.8) is 0 Å². The summed E-state index contributed by atoms with van der Waals surface area (Å²) in [7, 11) is 0. The van der Waals surface area contributed by atoms with Crippen molar-refractivity contribution >= 4 is 17.2 Å². The molecule has 0 aliphatic rings. The van der Waals surface area contributed by atoms with Crippen LogP contribution in [0.15, 0.2) is 12.4 Å². The lowest BCUT2D eigenvalue weighted by atomic mass is 10.2. The zero-order valence-electron chi connectivity index (χ0n) is 7.94. The van der Waals surface area contributed by atoms with Crippen molar-refractivity contribution in [2.45, 2.75) is 26.2 Å².